The van der Waals surface area contributed by atoms with E-state index in [9.17, 15) is 52.7 Å². The van der Waals surface area contributed by atoms with Gasteiger partial charge in [0.2, 0.25) is 0 Å². The van der Waals surface area contributed by atoms with Crippen molar-refractivity contribution in [3.05, 3.63) is 149 Å². The number of ether oxygens (including phenoxy) is 3. The largest absolute Gasteiger partial charge is 0.573 e. The summed E-state index contributed by atoms with van der Waals surface area (Å²) in [5.74, 6) is -19.6. The highest BCUT2D eigenvalue weighted by molar-refractivity contribution is 6.55. The smallest absolute Gasteiger partial charge is 0.425 e. The number of hydrogen-bond donors (Lipinski definition) is 0. The van der Waals surface area contributed by atoms with Crippen LogP contribution < -0.4 is 14.2 Å². The summed E-state index contributed by atoms with van der Waals surface area (Å²) in [6, 6.07) is 5.33. The van der Waals surface area contributed by atoms with Gasteiger partial charge in [0.1, 0.15) is 5.02 Å². The Kier molecular flexibility index (Phi) is 18.8. The van der Waals surface area contributed by atoms with Gasteiger partial charge in [0.15, 0.2) is 52.2 Å². The summed E-state index contributed by atoms with van der Waals surface area (Å²) >= 11 is 82.8. The van der Waals surface area contributed by atoms with Crippen LogP contribution in [0.5, 0.6) is 17.2 Å². The van der Waals surface area contributed by atoms with E-state index < -0.39 is 210 Å². The van der Waals surface area contributed by atoms with Crippen molar-refractivity contribution in [2.45, 2.75) is 31.2 Å². The first-order valence-electron chi connectivity index (χ1n) is 20.3. The van der Waals surface area contributed by atoms with E-state index in [1.165, 1.54) is 0 Å². The van der Waals surface area contributed by atoms with E-state index in [0.29, 0.717) is 18.2 Å². The second-order valence-electron chi connectivity index (χ2n) is 15.8. The van der Waals surface area contributed by atoms with Crippen LogP contribution in [0, 0.1) is 34.9 Å². The Morgan fingerprint density at radius 1 is 0.333 bits per heavy atom. The van der Waals surface area contributed by atoms with Crippen LogP contribution in [0.4, 0.5) is 79.0 Å². The minimum atomic E-state index is -6.71. The molecule has 0 amide bonds. The van der Waals surface area contributed by atoms with E-state index in [-0.39, 0.29) is 11.1 Å². The fourth-order valence-electron chi connectivity index (χ4n) is 7.51. The predicted molar refractivity (Wildman–Crippen MR) is 274 cm³/mol. The average molecular weight is 1420 g/mol. The fourth-order valence-corrected chi connectivity index (χ4v) is 11.0. The van der Waals surface area contributed by atoms with Crippen molar-refractivity contribution in [2.24, 2.45) is 0 Å². The van der Waals surface area contributed by atoms with Crippen LogP contribution in [-0.2, 0) is 0 Å². The molecule has 0 radical (unpaired) electrons. The Balaban J connectivity index is 1.76. The predicted octanol–water partition coefficient (Wildman–Crippen LogP) is 24.7. The summed E-state index contributed by atoms with van der Waals surface area (Å²) in [7, 11) is 0. The van der Waals surface area contributed by atoms with Crippen molar-refractivity contribution in [3.8, 4) is 84.0 Å². The topological polar surface area (TPSA) is 27.7 Å². The summed E-state index contributed by atoms with van der Waals surface area (Å²) in [5, 5.41) is -16.6. The quantitative estimate of drug-likeness (QED) is 0.0693. The number of halogens is 31. The molecule has 7 aromatic carbocycles. The first-order valence-corrected chi connectivity index (χ1v) is 25.2. The molecule has 0 spiro atoms. The highest BCUT2D eigenvalue weighted by atomic mass is 35.5. The van der Waals surface area contributed by atoms with Gasteiger partial charge in [0.05, 0.1) is 55.2 Å². The Morgan fingerprint density at radius 3 is 1.28 bits per heavy atom. The SMILES string of the molecule is Fc1c(F)c(F)c(-c2c(Cl)c(Cl)c(Cl)c(Cl)c2-c2c(Cl)c(F)c(Cl)c(F)c2-c2c(-c3cc(-c4cc(Cl)c(OC(F)(F)C(F)F)c(Cl)c4)c(Cl)c(OC(F)(F)F)c3Cl)cc(Cl)c(OC(F)(F)C(F)(F)F)c2Cl)c(-c2ccc(Cl)cc2)c1F. The van der Waals surface area contributed by atoms with Crippen LogP contribution in [0.2, 0.25) is 65.3 Å². The standard InChI is InChI=1S/C47H9Cl13F18O3/c48-11-3-1-9(2-4-11)18-23(36(63)39(66)38(65)35(18)62)21-20(27(54)31(58)32(59)28(21)55)22-24(34(61)33(60)37(64)29(22)56)19-13(8-17(51)41(30(19)57)80-46(74,75)45(71,72)73)14-7-12(25(52)42(26(14)53)81-47(76,77)78)10-5-15(49)40(16(50)6-10)79-44(69,70)43(67)68/h1-8,43H. The molecule has 81 heavy (non-hydrogen) atoms. The molecule has 0 bridgehead atoms. The summed E-state index contributed by atoms with van der Waals surface area (Å²) in [5.41, 5.74) is -15.6. The normalized spacial score (nSPS) is 12.5. The van der Waals surface area contributed by atoms with Crippen molar-refractivity contribution >= 4 is 151 Å². The second-order valence-corrected chi connectivity index (χ2v) is 20.8. The molecule has 0 atom stereocenters. The van der Waals surface area contributed by atoms with Crippen LogP contribution in [0.25, 0.3) is 66.8 Å². The highest BCUT2D eigenvalue weighted by Gasteiger charge is 2.62. The van der Waals surface area contributed by atoms with Crippen molar-refractivity contribution in [2.75, 3.05) is 0 Å². The van der Waals surface area contributed by atoms with Crippen LogP contribution in [0.3, 0.4) is 0 Å². The van der Waals surface area contributed by atoms with Crippen molar-refractivity contribution in [1.82, 2.24) is 0 Å². The summed E-state index contributed by atoms with van der Waals surface area (Å²) in [6.07, 6.45) is -28.8. The Hall–Kier alpha value is -3.55. The van der Waals surface area contributed by atoms with Gasteiger partial charge in [0.25, 0.3) is 0 Å². The Labute approximate surface area is 504 Å². The maximum Gasteiger partial charge on any atom is 0.573 e. The van der Waals surface area contributed by atoms with E-state index in [4.69, 9.17) is 151 Å². The van der Waals surface area contributed by atoms with E-state index in [1.54, 1.807) is 0 Å². The minimum absolute atomic E-state index is 0.115. The van der Waals surface area contributed by atoms with Gasteiger partial charge in [-0.2, -0.15) is 39.5 Å². The number of hydrogen-bond acceptors (Lipinski definition) is 3. The first-order chi connectivity index (χ1) is 37.2. The van der Waals surface area contributed by atoms with E-state index in [1.807, 2.05) is 0 Å². The molecule has 0 heterocycles. The Bertz CT molecular complexity index is 3740. The van der Waals surface area contributed by atoms with Gasteiger partial charge < -0.3 is 14.2 Å². The van der Waals surface area contributed by atoms with Crippen LogP contribution in [0.15, 0.2) is 48.5 Å². The monoisotopic (exact) mass is 1420 g/mol. The summed E-state index contributed by atoms with van der Waals surface area (Å²) < 4.78 is 279. The highest BCUT2D eigenvalue weighted by Crippen LogP contribution is 2.62. The molecular formula is C47H9Cl13F18O3. The van der Waals surface area contributed by atoms with E-state index >= 15 is 26.3 Å². The minimum Gasteiger partial charge on any atom is -0.425 e. The molecule has 0 aliphatic carbocycles. The molecule has 7 aromatic rings. The number of alkyl halides is 12. The zero-order chi connectivity index (χ0) is 61.0. The zero-order valence-corrected chi connectivity index (χ0v) is 47.0. The van der Waals surface area contributed by atoms with Crippen LogP contribution in [-0.4, -0.2) is 31.2 Å². The van der Waals surface area contributed by atoms with Gasteiger partial charge in [-0.3, -0.25) is 0 Å². The lowest BCUT2D eigenvalue weighted by Crippen LogP contribution is -2.42. The van der Waals surface area contributed by atoms with Gasteiger partial charge in [-0.1, -0.05) is 163 Å². The molecule has 0 unspecified atom stereocenters. The van der Waals surface area contributed by atoms with Crippen LogP contribution >= 0.6 is 151 Å². The van der Waals surface area contributed by atoms with Gasteiger partial charge in [-0.05, 0) is 53.1 Å². The molecule has 0 N–H and O–H groups in total. The number of rotatable bonds is 12. The molecule has 0 aliphatic heterocycles. The van der Waals surface area contributed by atoms with Gasteiger partial charge in [-0.25, -0.2) is 26.3 Å². The third kappa shape index (κ3) is 11.9. The van der Waals surface area contributed by atoms with Crippen LogP contribution in [0.1, 0.15) is 0 Å². The maximum absolute atomic E-state index is 17.8. The lowest BCUT2D eigenvalue weighted by atomic mass is 9.83. The molecule has 7 rings (SSSR count). The van der Waals surface area contributed by atoms with Gasteiger partial charge >= 0.3 is 31.2 Å². The molecule has 0 fully saturated rings. The summed E-state index contributed by atoms with van der Waals surface area (Å²) in [4.78, 5) is 0. The summed E-state index contributed by atoms with van der Waals surface area (Å²) in [6.45, 7) is 0. The van der Waals surface area contributed by atoms with E-state index in [0.717, 1.165) is 24.3 Å². The first kappa shape index (κ1) is 65.0. The van der Waals surface area contributed by atoms with E-state index in [2.05, 4.69) is 14.2 Å². The molecule has 0 saturated carbocycles. The third-order valence-corrected chi connectivity index (χ3v) is 15.6. The van der Waals surface area contributed by atoms with Gasteiger partial charge in [-0.15, -0.1) is 13.2 Å². The molecule has 3 nitrogen and oxygen atoms in total. The molecule has 0 aromatic heterocycles. The molecule has 0 saturated heterocycles. The maximum atomic E-state index is 17.8. The molecule has 432 valence electrons. The zero-order valence-electron chi connectivity index (χ0n) is 37.1. The van der Waals surface area contributed by atoms with Crippen molar-refractivity contribution < 1.29 is 93.2 Å². The molecule has 0 aliphatic rings. The lowest BCUT2D eigenvalue weighted by molar-refractivity contribution is -0.360. The number of benzene rings is 7. The fraction of sp³-hybridized carbons (Fsp3) is 0.106. The third-order valence-electron chi connectivity index (χ3n) is 10.9. The lowest BCUT2D eigenvalue weighted by Gasteiger charge is -2.27. The van der Waals surface area contributed by atoms with Crippen molar-refractivity contribution in [1.29, 1.82) is 0 Å². The Morgan fingerprint density at radius 2 is 0.790 bits per heavy atom. The van der Waals surface area contributed by atoms with Gasteiger partial charge in [0, 0.05) is 55.1 Å². The molecule has 34 heteroatoms. The molecular weight excluding hydrogens is 1420 g/mol. The second kappa shape index (κ2) is 23.4. The van der Waals surface area contributed by atoms with Crippen molar-refractivity contribution in [3.63, 3.8) is 0 Å². The average Bonchev–Trinajstić information content (AvgIpc) is 3.48.